The van der Waals surface area contributed by atoms with Gasteiger partial charge in [0.1, 0.15) is 0 Å². The van der Waals surface area contributed by atoms with Crippen molar-refractivity contribution in [3.63, 3.8) is 0 Å². The fourth-order valence-electron chi connectivity index (χ4n) is 3.45. The number of ketones is 1. The number of amides is 1. The number of hydrogen-bond donors (Lipinski definition) is 3. The van der Waals surface area contributed by atoms with Crippen LogP contribution in [0.2, 0.25) is 0 Å². The molecule has 3 aromatic rings. The molecule has 0 saturated carbocycles. The Bertz CT molecular complexity index is 1240. The molecule has 0 radical (unpaired) electrons. The van der Waals surface area contributed by atoms with Gasteiger partial charge in [0.25, 0.3) is 5.91 Å². The van der Waals surface area contributed by atoms with Gasteiger partial charge in [-0.1, -0.05) is 18.2 Å². The summed E-state index contributed by atoms with van der Waals surface area (Å²) in [5.41, 5.74) is -2.23. The Balaban J connectivity index is 1.66. The Morgan fingerprint density at radius 1 is 1.13 bits per heavy atom. The molecule has 1 aromatic heterocycles. The van der Waals surface area contributed by atoms with Gasteiger partial charge >= 0.3 is 17.3 Å². The van der Waals surface area contributed by atoms with Crippen LogP contribution in [-0.4, -0.2) is 34.6 Å². The van der Waals surface area contributed by atoms with Gasteiger partial charge in [0, 0.05) is 23.4 Å². The first-order chi connectivity index (χ1) is 14.8. The fourth-order valence-corrected chi connectivity index (χ4v) is 3.45. The minimum absolute atomic E-state index is 0.225. The zero-order valence-electron chi connectivity index (χ0n) is 16.4. The van der Waals surface area contributed by atoms with Crippen molar-refractivity contribution in [2.24, 2.45) is 0 Å². The molecule has 31 heavy (non-hydrogen) atoms. The third-order valence-corrected chi connectivity index (χ3v) is 4.96. The first kappa shape index (κ1) is 20.2. The van der Waals surface area contributed by atoms with Crippen molar-refractivity contribution in [3.05, 3.63) is 75.8 Å². The number of rotatable bonds is 6. The van der Waals surface area contributed by atoms with E-state index >= 15 is 0 Å². The Hall–Kier alpha value is -4.05. The van der Waals surface area contributed by atoms with Crippen molar-refractivity contribution in [3.8, 4) is 5.69 Å². The first-order valence-corrected chi connectivity index (χ1v) is 9.42. The number of nitrogens with one attached hydrogen (secondary N) is 2. The maximum absolute atomic E-state index is 13.0. The van der Waals surface area contributed by atoms with Gasteiger partial charge in [0.05, 0.1) is 18.6 Å². The summed E-state index contributed by atoms with van der Waals surface area (Å²) in [4.78, 5) is 49.4. The number of carbonyl (C=O) groups is 3. The Morgan fingerprint density at radius 3 is 2.55 bits per heavy atom. The standard InChI is InChI=1S/C21H17N3O7/c1-2-30-18(26)12-7-9-13(10-8-12)24-17(19(27)31-23-24)16(25)11-21(29)14-5-3-4-6-15(14)22-20(21)28/h3-10,29H,2,11H2,1H3,(H-,22,23,25,27,28)/p+1. The number of aliphatic hydroxyl groups is 1. The van der Waals surface area contributed by atoms with Crippen LogP contribution in [0.15, 0.2) is 57.8 Å². The van der Waals surface area contributed by atoms with E-state index in [0.717, 1.165) is 4.68 Å². The number of esters is 1. The highest BCUT2D eigenvalue weighted by atomic mass is 16.5. The van der Waals surface area contributed by atoms with Crippen molar-refractivity contribution in [2.75, 3.05) is 11.9 Å². The van der Waals surface area contributed by atoms with Crippen molar-refractivity contribution in [2.45, 2.75) is 18.9 Å². The van der Waals surface area contributed by atoms with Gasteiger partial charge in [-0.2, -0.15) is 0 Å². The summed E-state index contributed by atoms with van der Waals surface area (Å²) in [5, 5.41) is 15.8. The highest BCUT2D eigenvalue weighted by Gasteiger charge is 2.49. The first-order valence-electron chi connectivity index (χ1n) is 9.42. The smallest absolute Gasteiger partial charge is 0.438 e. The number of carbonyl (C=O) groups excluding carboxylic acids is 3. The van der Waals surface area contributed by atoms with Crippen molar-refractivity contribution in [1.29, 1.82) is 0 Å². The van der Waals surface area contributed by atoms with E-state index in [-0.39, 0.29) is 12.2 Å². The van der Waals surface area contributed by atoms with Gasteiger partial charge in [-0.25, -0.2) is 9.59 Å². The molecule has 1 amide bonds. The third-order valence-electron chi connectivity index (χ3n) is 4.96. The van der Waals surface area contributed by atoms with Crippen LogP contribution >= 0.6 is 0 Å². The molecule has 0 fully saturated rings. The van der Waals surface area contributed by atoms with E-state index in [1.54, 1.807) is 25.1 Å². The average Bonchev–Trinajstić information content (AvgIpc) is 3.26. The minimum Gasteiger partial charge on any atom is -0.462 e. The summed E-state index contributed by atoms with van der Waals surface area (Å²) in [7, 11) is 0. The van der Waals surface area contributed by atoms with Gasteiger partial charge < -0.3 is 15.2 Å². The molecule has 2 heterocycles. The van der Waals surface area contributed by atoms with E-state index in [2.05, 4.69) is 10.6 Å². The maximum Gasteiger partial charge on any atom is 0.438 e. The molecule has 10 nitrogen and oxygen atoms in total. The summed E-state index contributed by atoms with van der Waals surface area (Å²) in [6.07, 6.45) is -0.667. The second kappa shape index (κ2) is 7.65. The predicted molar refractivity (Wildman–Crippen MR) is 105 cm³/mol. The normalized spacial score (nSPS) is 17.2. The van der Waals surface area contributed by atoms with Gasteiger partial charge in [0.2, 0.25) is 11.5 Å². The van der Waals surface area contributed by atoms with Crippen LogP contribution in [0.5, 0.6) is 0 Å². The predicted octanol–water partition coefficient (Wildman–Crippen LogP) is 0.834. The van der Waals surface area contributed by atoms with Crippen molar-refractivity contribution >= 4 is 23.3 Å². The van der Waals surface area contributed by atoms with E-state index in [0.29, 0.717) is 16.9 Å². The number of anilines is 1. The molecule has 1 atom stereocenters. The minimum atomic E-state index is -2.12. The monoisotopic (exact) mass is 424 g/mol. The number of hydrogen-bond acceptors (Lipinski definition) is 7. The summed E-state index contributed by atoms with van der Waals surface area (Å²) < 4.78 is 10.8. The SMILES string of the molecule is CCOC(=O)c1ccc(-[n+]2[nH]oc(=O)c2C(=O)CC2(O)C(=O)Nc3ccccc32)cc1. The van der Waals surface area contributed by atoms with Crippen LogP contribution in [0.1, 0.15) is 39.8 Å². The molecule has 158 valence electrons. The second-order valence-electron chi connectivity index (χ2n) is 6.89. The fraction of sp³-hybridized carbons (Fsp3) is 0.190. The molecule has 0 aliphatic carbocycles. The highest BCUT2D eigenvalue weighted by Crippen LogP contribution is 2.38. The number of nitrogens with zero attached hydrogens (tertiary/aromatic N) is 1. The molecule has 0 saturated heterocycles. The summed E-state index contributed by atoms with van der Waals surface area (Å²) >= 11 is 0. The Morgan fingerprint density at radius 2 is 1.84 bits per heavy atom. The quantitative estimate of drug-likeness (QED) is 0.302. The largest absolute Gasteiger partial charge is 0.462 e. The van der Waals surface area contributed by atoms with Gasteiger partial charge in [-0.15, -0.1) is 0 Å². The molecule has 1 aliphatic rings. The second-order valence-corrected chi connectivity index (χ2v) is 6.89. The van der Waals surface area contributed by atoms with Gasteiger partial charge in [0.15, 0.2) is 5.60 Å². The topological polar surface area (TPSA) is 143 Å². The molecule has 0 bridgehead atoms. The number of aromatic amines is 1. The zero-order chi connectivity index (χ0) is 22.2. The zero-order valence-corrected chi connectivity index (χ0v) is 16.4. The number of ether oxygens (including phenoxy) is 1. The number of H-pyrrole nitrogens is 1. The lowest BCUT2D eigenvalue weighted by atomic mass is 9.89. The number of fused-ring (bicyclic) bond motifs is 1. The van der Waals surface area contributed by atoms with Gasteiger partial charge in [-0.3, -0.25) is 14.1 Å². The third kappa shape index (κ3) is 3.42. The van der Waals surface area contributed by atoms with Crippen molar-refractivity contribution in [1.82, 2.24) is 5.27 Å². The lowest BCUT2D eigenvalue weighted by molar-refractivity contribution is -0.672. The highest BCUT2D eigenvalue weighted by molar-refractivity contribution is 6.08. The molecule has 1 unspecified atom stereocenters. The van der Waals surface area contributed by atoms with Crippen LogP contribution in [-0.2, 0) is 15.1 Å². The van der Waals surface area contributed by atoms with E-state index < -0.39 is 41.0 Å². The molecule has 1 aliphatic heterocycles. The van der Waals surface area contributed by atoms with Crippen LogP contribution in [0, 0.1) is 0 Å². The van der Waals surface area contributed by atoms with Crippen LogP contribution in [0.4, 0.5) is 5.69 Å². The number of Topliss-reactive ketones (excluding diaryl/α,β-unsaturated/α-hetero) is 1. The lowest BCUT2D eigenvalue weighted by Gasteiger charge is -2.18. The number of benzene rings is 2. The number of para-hydroxylation sites is 1. The summed E-state index contributed by atoms with van der Waals surface area (Å²) in [5.74, 6) is -2.07. The van der Waals surface area contributed by atoms with Crippen molar-refractivity contribution < 1.29 is 33.4 Å². The van der Waals surface area contributed by atoms with E-state index in [4.69, 9.17) is 9.26 Å². The van der Waals surface area contributed by atoms with E-state index in [9.17, 15) is 24.3 Å². The number of aromatic nitrogens is 2. The molecule has 10 heteroatoms. The van der Waals surface area contributed by atoms with Gasteiger partial charge in [-0.05, 0) is 35.1 Å². The molecule has 2 aromatic carbocycles. The maximum atomic E-state index is 13.0. The van der Waals surface area contributed by atoms with Crippen LogP contribution in [0.25, 0.3) is 5.69 Å². The van der Waals surface area contributed by atoms with Crippen LogP contribution in [0.3, 0.4) is 0 Å². The van der Waals surface area contributed by atoms with E-state index in [1.807, 2.05) is 0 Å². The molecule has 4 rings (SSSR count). The Kier molecular flexibility index (Phi) is 4.99. The Labute approximate surface area is 175 Å². The summed E-state index contributed by atoms with van der Waals surface area (Å²) in [6.45, 7) is 1.91. The molecule has 0 spiro atoms. The van der Waals surface area contributed by atoms with Crippen LogP contribution < -0.4 is 15.6 Å². The molecule has 3 N–H and O–H groups in total. The average molecular weight is 424 g/mol. The van der Waals surface area contributed by atoms with E-state index in [1.165, 1.54) is 30.3 Å². The summed E-state index contributed by atoms with van der Waals surface area (Å²) in [6, 6.07) is 12.4. The molecular formula is C21H18N3O7+. The lowest BCUT2D eigenvalue weighted by Crippen LogP contribution is -2.44. The molecular weight excluding hydrogens is 406 g/mol.